The molecule has 3 amide bonds. The maximum absolute atomic E-state index is 12.3. The first-order valence-corrected chi connectivity index (χ1v) is 23.2. The van der Waals surface area contributed by atoms with Crippen LogP contribution < -0.4 is 16.0 Å². The molecule has 0 aliphatic carbocycles. The SMILES string of the molecule is CC[C@@H](CCCCNC(=O)COCCOCCNC(=O)COCCOCCCC(=O)CC[C@H](NC(=O)CCCCCCCCCCCCCCCCC(=O)O)C(=O)O)C(=O)CO. The van der Waals surface area contributed by atoms with E-state index in [0.29, 0.717) is 38.8 Å². The minimum absolute atomic E-state index is 0.0336. The second-order valence-electron chi connectivity index (χ2n) is 15.7. The molecular formula is C45H81N3O14. The predicted molar refractivity (Wildman–Crippen MR) is 234 cm³/mol. The highest BCUT2D eigenvalue weighted by atomic mass is 16.5. The van der Waals surface area contributed by atoms with E-state index in [-0.39, 0.29) is 120 Å². The van der Waals surface area contributed by atoms with Gasteiger partial charge >= 0.3 is 11.9 Å². The van der Waals surface area contributed by atoms with Gasteiger partial charge in [-0.25, -0.2) is 4.79 Å². The van der Waals surface area contributed by atoms with E-state index in [1.165, 1.54) is 44.9 Å². The standard InChI is InChI=1S/C45H81N3O14/c1-2-37(40(51)34-49)20-17-18-26-46-42(53)35-62-33-31-60-29-27-47-43(54)36-61-32-30-59-28-19-21-38(50)24-25-39(45(57)58)48-41(52)22-15-13-11-9-7-5-3-4-6-8-10-12-14-16-23-44(55)56/h37,39,49H,2-36H2,1H3,(H,46,53)(H,47,54)(H,48,52)(H,55,56)(H,57,58)/t37-,39-/m0/s1. The van der Waals surface area contributed by atoms with Gasteiger partial charge in [-0.1, -0.05) is 90.4 Å². The van der Waals surface area contributed by atoms with Crippen molar-refractivity contribution in [3.8, 4) is 0 Å². The number of aliphatic hydroxyl groups excluding tert-OH is 1. The van der Waals surface area contributed by atoms with Crippen LogP contribution in [0, 0.1) is 5.92 Å². The number of unbranched alkanes of at least 4 members (excludes halogenated alkanes) is 14. The van der Waals surface area contributed by atoms with E-state index in [1.807, 2.05) is 6.92 Å². The highest BCUT2D eigenvalue weighted by Gasteiger charge is 2.21. The molecule has 360 valence electrons. The van der Waals surface area contributed by atoms with Gasteiger partial charge in [-0.05, 0) is 44.9 Å². The van der Waals surface area contributed by atoms with Crippen LogP contribution >= 0.6 is 0 Å². The Bertz CT molecular complexity index is 1200. The first-order valence-electron chi connectivity index (χ1n) is 23.2. The van der Waals surface area contributed by atoms with Crippen LogP contribution in [-0.2, 0) is 52.5 Å². The van der Waals surface area contributed by atoms with Gasteiger partial charge in [-0.15, -0.1) is 0 Å². The molecule has 0 rings (SSSR count). The number of amides is 3. The smallest absolute Gasteiger partial charge is 0.326 e. The Kier molecular flexibility index (Phi) is 40.4. The van der Waals surface area contributed by atoms with Crippen LogP contribution in [0.15, 0.2) is 0 Å². The van der Waals surface area contributed by atoms with Crippen molar-refractivity contribution in [1.82, 2.24) is 16.0 Å². The Balaban J connectivity index is 3.66. The number of ether oxygens (including phenoxy) is 4. The summed E-state index contributed by atoms with van der Waals surface area (Å²) in [5.74, 6) is -3.12. The van der Waals surface area contributed by atoms with Gasteiger partial charge in [-0.2, -0.15) is 0 Å². The molecule has 17 nitrogen and oxygen atoms in total. The van der Waals surface area contributed by atoms with E-state index >= 15 is 0 Å². The van der Waals surface area contributed by atoms with Crippen molar-refractivity contribution in [2.75, 3.05) is 72.6 Å². The number of aliphatic carboxylic acids is 2. The van der Waals surface area contributed by atoms with Crippen LogP contribution in [0.4, 0.5) is 0 Å². The average molecular weight is 888 g/mol. The van der Waals surface area contributed by atoms with Crippen LogP contribution in [0.25, 0.3) is 0 Å². The lowest BCUT2D eigenvalue weighted by molar-refractivity contribution is -0.142. The summed E-state index contributed by atoms with van der Waals surface area (Å²) in [7, 11) is 0. The normalized spacial score (nSPS) is 12.1. The Morgan fingerprint density at radius 2 is 0.984 bits per heavy atom. The van der Waals surface area contributed by atoms with Crippen LogP contribution in [0.1, 0.15) is 161 Å². The molecule has 17 heteroatoms. The summed E-state index contributed by atoms with van der Waals surface area (Å²) >= 11 is 0. The van der Waals surface area contributed by atoms with Gasteiger partial charge in [0.1, 0.15) is 31.6 Å². The fourth-order valence-electron chi connectivity index (χ4n) is 6.61. The second kappa shape index (κ2) is 42.8. The third-order valence-corrected chi connectivity index (χ3v) is 10.3. The van der Waals surface area contributed by atoms with Gasteiger partial charge in [0, 0.05) is 51.3 Å². The molecule has 0 aromatic rings. The molecule has 0 unspecified atom stereocenters. The van der Waals surface area contributed by atoms with Gasteiger partial charge in [-0.3, -0.25) is 28.8 Å². The van der Waals surface area contributed by atoms with E-state index in [0.717, 1.165) is 51.4 Å². The maximum Gasteiger partial charge on any atom is 0.326 e. The largest absolute Gasteiger partial charge is 0.481 e. The van der Waals surface area contributed by atoms with Crippen molar-refractivity contribution in [2.45, 2.75) is 167 Å². The number of Topliss-reactive ketones (excluding diaryl/α,β-unsaturated/α-hetero) is 2. The zero-order chi connectivity index (χ0) is 45.9. The summed E-state index contributed by atoms with van der Waals surface area (Å²) in [6, 6.07) is -1.10. The maximum atomic E-state index is 12.3. The molecule has 2 atom stereocenters. The summed E-state index contributed by atoms with van der Waals surface area (Å²) in [5.41, 5.74) is 0. The predicted octanol–water partition coefficient (Wildman–Crippen LogP) is 5.07. The van der Waals surface area contributed by atoms with E-state index in [4.69, 9.17) is 29.2 Å². The lowest BCUT2D eigenvalue weighted by Gasteiger charge is -2.14. The summed E-state index contributed by atoms with van der Waals surface area (Å²) in [6.45, 7) is 3.49. The number of rotatable bonds is 47. The first kappa shape index (κ1) is 58.5. The van der Waals surface area contributed by atoms with Crippen molar-refractivity contribution in [1.29, 1.82) is 0 Å². The molecule has 0 aliphatic heterocycles. The summed E-state index contributed by atoms with van der Waals surface area (Å²) < 4.78 is 21.4. The van der Waals surface area contributed by atoms with Gasteiger partial charge in [0.2, 0.25) is 17.7 Å². The Morgan fingerprint density at radius 1 is 0.484 bits per heavy atom. The van der Waals surface area contributed by atoms with Crippen LogP contribution in [0.5, 0.6) is 0 Å². The topological polar surface area (TPSA) is 253 Å². The number of nitrogens with one attached hydrogen (secondary N) is 3. The number of carboxylic acids is 2. The summed E-state index contributed by atoms with van der Waals surface area (Å²) in [6.07, 6.45) is 19.3. The fraction of sp³-hybridized carbons (Fsp3) is 0.844. The highest BCUT2D eigenvalue weighted by molar-refractivity contribution is 5.85. The van der Waals surface area contributed by atoms with Crippen molar-refractivity contribution in [2.24, 2.45) is 5.92 Å². The van der Waals surface area contributed by atoms with E-state index in [1.54, 1.807) is 0 Å². The van der Waals surface area contributed by atoms with Crippen LogP contribution in [0.2, 0.25) is 0 Å². The van der Waals surface area contributed by atoms with Crippen molar-refractivity contribution < 1.29 is 67.8 Å². The number of carboxylic acid groups (broad SMARTS) is 2. The quantitative estimate of drug-likeness (QED) is 0.0437. The number of aliphatic hydroxyl groups is 1. The molecule has 0 aromatic carbocycles. The molecule has 0 aromatic heterocycles. The second-order valence-corrected chi connectivity index (χ2v) is 15.7. The average Bonchev–Trinajstić information content (AvgIpc) is 3.24. The molecule has 0 spiro atoms. The van der Waals surface area contributed by atoms with Gasteiger partial charge in [0.25, 0.3) is 0 Å². The van der Waals surface area contributed by atoms with E-state index in [2.05, 4.69) is 16.0 Å². The number of ketones is 2. The molecule has 0 aliphatic rings. The highest BCUT2D eigenvalue weighted by Crippen LogP contribution is 2.15. The zero-order valence-electron chi connectivity index (χ0n) is 37.7. The van der Waals surface area contributed by atoms with Gasteiger partial charge in [0.05, 0.1) is 33.0 Å². The summed E-state index contributed by atoms with van der Waals surface area (Å²) in [5, 5.41) is 35.1. The fourth-order valence-corrected chi connectivity index (χ4v) is 6.61. The van der Waals surface area contributed by atoms with Crippen LogP contribution in [0.3, 0.4) is 0 Å². The lowest BCUT2D eigenvalue weighted by atomic mass is 9.95. The number of hydrogen-bond donors (Lipinski definition) is 6. The van der Waals surface area contributed by atoms with Crippen molar-refractivity contribution >= 4 is 41.2 Å². The molecule has 0 saturated carbocycles. The van der Waals surface area contributed by atoms with Crippen LogP contribution in [-0.4, -0.2) is 135 Å². The first-order chi connectivity index (χ1) is 30.0. The zero-order valence-corrected chi connectivity index (χ0v) is 37.7. The van der Waals surface area contributed by atoms with E-state index in [9.17, 15) is 38.7 Å². The molecule has 6 N–H and O–H groups in total. The Hall–Kier alpha value is -3.51. The minimum atomic E-state index is -1.16. The summed E-state index contributed by atoms with van der Waals surface area (Å²) in [4.78, 5) is 82.2. The van der Waals surface area contributed by atoms with Crippen molar-refractivity contribution in [3.63, 3.8) is 0 Å². The molecular weight excluding hydrogens is 807 g/mol. The van der Waals surface area contributed by atoms with Gasteiger partial charge in [0.15, 0.2) is 5.78 Å². The lowest BCUT2D eigenvalue weighted by Crippen LogP contribution is -2.41. The number of hydrogen-bond acceptors (Lipinski definition) is 12. The monoisotopic (exact) mass is 888 g/mol. The molecule has 0 heterocycles. The van der Waals surface area contributed by atoms with E-state index < -0.39 is 24.6 Å². The number of carbonyl (C=O) groups is 7. The molecule has 62 heavy (non-hydrogen) atoms. The molecule has 0 saturated heterocycles. The Morgan fingerprint density at radius 3 is 1.50 bits per heavy atom. The Labute approximate surface area is 369 Å². The minimum Gasteiger partial charge on any atom is -0.481 e. The third kappa shape index (κ3) is 39.3. The number of carbonyl (C=O) groups excluding carboxylic acids is 5. The van der Waals surface area contributed by atoms with Gasteiger partial charge < -0.3 is 50.2 Å². The molecule has 0 bridgehead atoms. The molecule has 0 radical (unpaired) electrons. The molecule has 0 fully saturated rings. The van der Waals surface area contributed by atoms with Crippen molar-refractivity contribution in [3.05, 3.63) is 0 Å². The third-order valence-electron chi connectivity index (χ3n) is 10.3.